The molecule has 0 spiro atoms. The number of nitrogens with one attached hydrogen (secondary N) is 2. The van der Waals surface area contributed by atoms with Crippen LogP contribution < -0.4 is 15.4 Å². The Morgan fingerprint density at radius 3 is 2.76 bits per heavy atom. The number of hydrogen-bond donors (Lipinski definition) is 2. The quantitative estimate of drug-likeness (QED) is 0.739. The van der Waals surface area contributed by atoms with Gasteiger partial charge in [-0.1, -0.05) is 5.21 Å². The van der Waals surface area contributed by atoms with Crippen molar-refractivity contribution >= 4 is 11.6 Å². The third-order valence-corrected chi connectivity index (χ3v) is 4.09. The molecule has 0 bridgehead atoms. The summed E-state index contributed by atoms with van der Waals surface area (Å²) < 4.78 is 12.2. The topological polar surface area (TPSA) is 90.3 Å². The van der Waals surface area contributed by atoms with E-state index in [4.69, 9.17) is 9.47 Å². The van der Waals surface area contributed by atoms with E-state index < -0.39 is 0 Å². The predicted molar refractivity (Wildman–Crippen MR) is 92.9 cm³/mol. The summed E-state index contributed by atoms with van der Waals surface area (Å²) in [6, 6.07) is 7.49. The number of methoxy groups -OCH3 is 1. The van der Waals surface area contributed by atoms with E-state index in [1.807, 2.05) is 0 Å². The maximum atomic E-state index is 12.3. The van der Waals surface area contributed by atoms with Crippen LogP contribution >= 0.6 is 0 Å². The van der Waals surface area contributed by atoms with Gasteiger partial charge in [0, 0.05) is 12.8 Å². The van der Waals surface area contributed by atoms with E-state index in [2.05, 4.69) is 20.9 Å². The van der Waals surface area contributed by atoms with Crippen LogP contribution in [0.15, 0.2) is 30.5 Å². The van der Waals surface area contributed by atoms with Crippen LogP contribution in [0, 0.1) is 0 Å². The van der Waals surface area contributed by atoms with E-state index in [9.17, 15) is 4.79 Å². The standard InChI is InChI=1S/C17H23N5O3/c1-24-10-11-25-15-4-2-13(3-5-15)19-17(23)16-12-22(21-20-16)14-6-8-18-9-7-14/h2-5,12,14,18H,6-11H2,1H3,(H,19,23). The molecule has 8 nitrogen and oxygen atoms in total. The normalized spacial score (nSPS) is 15.1. The number of anilines is 1. The first-order chi connectivity index (χ1) is 12.3. The summed E-state index contributed by atoms with van der Waals surface area (Å²) in [5, 5.41) is 14.2. The molecule has 8 heteroatoms. The largest absolute Gasteiger partial charge is 0.491 e. The van der Waals surface area contributed by atoms with Gasteiger partial charge in [0.1, 0.15) is 12.4 Å². The number of nitrogens with zero attached hydrogens (tertiary/aromatic N) is 3. The summed E-state index contributed by atoms with van der Waals surface area (Å²) in [6.45, 7) is 2.95. The average molecular weight is 345 g/mol. The van der Waals surface area contributed by atoms with Gasteiger partial charge in [0.05, 0.1) is 18.8 Å². The molecule has 2 heterocycles. The van der Waals surface area contributed by atoms with Crippen LogP contribution in [-0.4, -0.2) is 54.3 Å². The smallest absolute Gasteiger partial charge is 0.277 e. The van der Waals surface area contributed by atoms with Crippen molar-refractivity contribution in [1.82, 2.24) is 20.3 Å². The third kappa shape index (κ3) is 4.77. The zero-order chi connectivity index (χ0) is 17.5. The van der Waals surface area contributed by atoms with Crippen molar-refractivity contribution in [1.29, 1.82) is 0 Å². The minimum absolute atomic E-state index is 0.270. The van der Waals surface area contributed by atoms with Crippen molar-refractivity contribution < 1.29 is 14.3 Å². The van der Waals surface area contributed by atoms with Gasteiger partial charge in [-0.3, -0.25) is 4.79 Å². The van der Waals surface area contributed by atoms with E-state index in [0.29, 0.717) is 30.6 Å². The highest BCUT2D eigenvalue weighted by Gasteiger charge is 2.18. The molecule has 3 rings (SSSR count). The second-order valence-corrected chi connectivity index (χ2v) is 5.88. The molecule has 1 aliphatic rings. The first kappa shape index (κ1) is 17.4. The Hall–Kier alpha value is -2.45. The summed E-state index contributed by atoms with van der Waals surface area (Å²) in [5.41, 5.74) is 1.000. The predicted octanol–water partition coefficient (Wildman–Crippen LogP) is 1.48. The molecule has 134 valence electrons. The first-order valence-corrected chi connectivity index (χ1v) is 8.42. The molecule has 0 radical (unpaired) electrons. The zero-order valence-corrected chi connectivity index (χ0v) is 14.3. The Labute approximate surface area is 146 Å². The van der Waals surface area contributed by atoms with Crippen molar-refractivity contribution in [3.05, 3.63) is 36.2 Å². The number of rotatable bonds is 7. The highest BCUT2D eigenvalue weighted by molar-refractivity contribution is 6.02. The van der Waals surface area contributed by atoms with Gasteiger partial charge in [0.2, 0.25) is 0 Å². The molecular formula is C17H23N5O3. The van der Waals surface area contributed by atoms with Gasteiger partial charge in [0.25, 0.3) is 5.91 Å². The molecular weight excluding hydrogens is 322 g/mol. The lowest BCUT2D eigenvalue weighted by Gasteiger charge is -2.22. The average Bonchev–Trinajstić information content (AvgIpc) is 3.14. The molecule has 25 heavy (non-hydrogen) atoms. The molecule has 0 atom stereocenters. The Kier molecular flexibility index (Phi) is 5.97. The van der Waals surface area contributed by atoms with Gasteiger partial charge < -0.3 is 20.1 Å². The Morgan fingerprint density at radius 2 is 2.04 bits per heavy atom. The molecule has 0 unspecified atom stereocenters. The van der Waals surface area contributed by atoms with Crippen molar-refractivity contribution in [2.75, 3.05) is 38.7 Å². The molecule has 1 saturated heterocycles. The lowest BCUT2D eigenvalue weighted by Crippen LogP contribution is -2.29. The zero-order valence-electron chi connectivity index (χ0n) is 14.3. The van der Waals surface area contributed by atoms with E-state index in [-0.39, 0.29) is 5.91 Å². The fourth-order valence-electron chi connectivity index (χ4n) is 2.70. The summed E-state index contributed by atoms with van der Waals surface area (Å²) >= 11 is 0. The number of hydrogen-bond acceptors (Lipinski definition) is 6. The molecule has 2 N–H and O–H groups in total. The van der Waals surface area contributed by atoms with E-state index >= 15 is 0 Å². The van der Waals surface area contributed by atoms with E-state index in [1.165, 1.54) is 0 Å². The number of piperidine rings is 1. The van der Waals surface area contributed by atoms with Crippen LogP contribution in [0.25, 0.3) is 0 Å². The number of carbonyl (C=O) groups is 1. The van der Waals surface area contributed by atoms with Crippen molar-refractivity contribution in [2.24, 2.45) is 0 Å². The number of aromatic nitrogens is 3. The number of carbonyl (C=O) groups excluding carboxylic acids is 1. The lowest BCUT2D eigenvalue weighted by atomic mass is 10.1. The van der Waals surface area contributed by atoms with Crippen LogP contribution in [0.2, 0.25) is 0 Å². The van der Waals surface area contributed by atoms with Crippen LogP contribution in [0.5, 0.6) is 5.75 Å². The summed E-state index contributed by atoms with van der Waals surface area (Å²) in [7, 11) is 1.63. The fourth-order valence-corrected chi connectivity index (χ4v) is 2.70. The number of benzene rings is 1. The molecule has 0 saturated carbocycles. The summed E-state index contributed by atoms with van der Waals surface area (Å²) in [6.07, 6.45) is 3.71. The van der Waals surface area contributed by atoms with Gasteiger partial charge in [-0.2, -0.15) is 0 Å². The van der Waals surface area contributed by atoms with E-state index in [0.717, 1.165) is 31.7 Å². The molecule has 0 aliphatic carbocycles. The van der Waals surface area contributed by atoms with Gasteiger partial charge in [0.15, 0.2) is 5.69 Å². The van der Waals surface area contributed by atoms with Gasteiger partial charge in [-0.25, -0.2) is 4.68 Å². The Balaban J connectivity index is 1.55. The Morgan fingerprint density at radius 1 is 1.28 bits per heavy atom. The summed E-state index contributed by atoms with van der Waals surface area (Å²) in [5.74, 6) is 0.458. The third-order valence-electron chi connectivity index (χ3n) is 4.09. The lowest BCUT2D eigenvalue weighted by molar-refractivity contribution is 0.102. The van der Waals surface area contributed by atoms with Crippen LogP contribution in [0.4, 0.5) is 5.69 Å². The van der Waals surface area contributed by atoms with Crippen molar-refractivity contribution in [3.63, 3.8) is 0 Å². The molecule has 1 fully saturated rings. The second-order valence-electron chi connectivity index (χ2n) is 5.88. The van der Waals surface area contributed by atoms with Gasteiger partial charge >= 0.3 is 0 Å². The molecule has 1 amide bonds. The summed E-state index contributed by atoms with van der Waals surface area (Å²) in [4.78, 5) is 12.3. The highest BCUT2D eigenvalue weighted by atomic mass is 16.5. The monoisotopic (exact) mass is 345 g/mol. The van der Waals surface area contributed by atoms with Crippen molar-refractivity contribution in [2.45, 2.75) is 18.9 Å². The first-order valence-electron chi connectivity index (χ1n) is 8.42. The van der Waals surface area contributed by atoms with Crippen molar-refractivity contribution in [3.8, 4) is 5.75 Å². The fraction of sp³-hybridized carbons (Fsp3) is 0.471. The van der Waals surface area contributed by atoms with Gasteiger partial charge in [-0.15, -0.1) is 5.10 Å². The minimum Gasteiger partial charge on any atom is -0.491 e. The SMILES string of the molecule is COCCOc1ccc(NC(=O)c2cn(C3CCNCC3)nn2)cc1. The number of ether oxygens (including phenoxy) is 2. The number of amides is 1. The van der Waals surface area contributed by atoms with Gasteiger partial charge in [-0.05, 0) is 50.2 Å². The molecule has 1 aromatic carbocycles. The molecule has 1 aromatic heterocycles. The highest BCUT2D eigenvalue weighted by Crippen LogP contribution is 2.18. The van der Waals surface area contributed by atoms with Crippen LogP contribution in [0.1, 0.15) is 29.4 Å². The molecule has 2 aromatic rings. The second kappa shape index (κ2) is 8.59. The van der Waals surface area contributed by atoms with E-state index in [1.54, 1.807) is 42.3 Å². The minimum atomic E-state index is -0.270. The maximum Gasteiger partial charge on any atom is 0.277 e. The van der Waals surface area contributed by atoms with Crippen LogP contribution in [-0.2, 0) is 4.74 Å². The van der Waals surface area contributed by atoms with Crippen LogP contribution in [0.3, 0.4) is 0 Å². The Bertz CT molecular complexity index is 680. The molecule has 1 aliphatic heterocycles. The maximum absolute atomic E-state index is 12.3.